The molecule has 1 fully saturated rings. The van der Waals surface area contributed by atoms with E-state index in [1.807, 2.05) is 0 Å². The number of benzene rings is 1. The van der Waals surface area contributed by atoms with Gasteiger partial charge in [-0.1, -0.05) is 12.1 Å². The summed E-state index contributed by atoms with van der Waals surface area (Å²) in [6.45, 7) is 6.58. The third-order valence-electron chi connectivity index (χ3n) is 5.16. The lowest BCUT2D eigenvalue weighted by Crippen LogP contribution is -2.41. The fourth-order valence-electron chi connectivity index (χ4n) is 2.86. The van der Waals surface area contributed by atoms with Gasteiger partial charge in [0, 0.05) is 11.8 Å². The van der Waals surface area contributed by atoms with E-state index in [0.29, 0.717) is 5.56 Å². The second-order valence-corrected chi connectivity index (χ2v) is 7.86. The lowest BCUT2D eigenvalue weighted by atomic mass is 9.83. The summed E-state index contributed by atoms with van der Waals surface area (Å²) in [5.41, 5.74) is -4.85. The Bertz CT molecular complexity index is 903. The fraction of sp³-hybridized carbons (Fsp3) is 0.421. The van der Waals surface area contributed by atoms with E-state index in [9.17, 15) is 22.0 Å². The van der Waals surface area contributed by atoms with Crippen LogP contribution in [0.2, 0.25) is 0 Å². The monoisotopic (exact) mass is 414 g/mol. The van der Waals surface area contributed by atoms with Gasteiger partial charge in [0.15, 0.2) is 0 Å². The molecule has 2 aromatic rings. The van der Waals surface area contributed by atoms with E-state index >= 15 is 0 Å². The first-order chi connectivity index (χ1) is 13.3. The summed E-state index contributed by atoms with van der Waals surface area (Å²) in [7, 11) is -1.78. The van der Waals surface area contributed by atoms with Crippen LogP contribution >= 0.6 is 0 Å². The first kappa shape index (κ1) is 21.5. The minimum atomic E-state index is -4.99. The molecule has 0 unspecified atom stereocenters. The maximum absolute atomic E-state index is 15.0. The van der Waals surface area contributed by atoms with E-state index in [1.165, 1.54) is 28.9 Å². The topological polar surface area (TPSA) is 36.3 Å². The number of aromatic nitrogens is 2. The zero-order chi connectivity index (χ0) is 21.6. The van der Waals surface area contributed by atoms with Crippen molar-refractivity contribution in [1.29, 1.82) is 0 Å². The van der Waals surface area contributed by atoms with Crippen LogP contribution in [0.25, 0.3) is 5.57 Å². The number of alkyl halides is 3. The van der Waals surface area contributed by atoms with Crippen molar-refractivity contribution in [2.24, 2.45) is 0 Å². The molecule has 0 spiro atoms. The van der Waals surface area contributed by atoms with Crippen LogP contribution in [-0.4, -0.2) is 34.3 Å². The molecule has 0 aliphatic carbocycles. The molecule has 3 rings (SSSR count). The summed E-state index contributed by atoms with van der Waals surface area (Å²) in [5.74, 6) is -0.429. The number of halogens is 5. The van der Waals surface area contributed by atoms with E-state index in [1.54, 1.807) is 27.7 Å². The summed E-state index contributed by atoms with van der Waals surface area (Å²) in [6.07, 6.45) is -2.98. The molecule has 1 aliphatic rings. The Kier molecular flexibility index (Phi) is 5.38. The van der Waals surface area contributed by atoms with E-state index in [-0.39, 0.29) is 6.54 Å². The average Bonchev–Trinajstić information content (AvgIpc) is 3.10. The predicted molar refractivity (Wildman–Crippen MR) is 97.9 cm³/mol. The van der Waals surface area contributed by atoms with Crippen molar-refractivity contribution >= 4 is 12.7 Å². The highest BCUT2D eigenvalue weighted by atomic mass is 19.4. The largest absolute Gasteiger partial charge is 0.525 e. The number of allylic oxidation sites excluding steroid dienone is 1. The van der Waals surface area contributed by atoms with E-state index < -0.39 is 47.2 Å². The molecule has 0 amide bonds. The zero-order valence-corrected chi connectivity index (χ0v) is 16.3. The van der Waals surface area contributed by atoms with Crippen LogP contribution in [0.5, 0.6) is 0 Å². The van der Waals surface area contributed by atoms with Crippen LogP contribution in [0.1, 0.15) is 38.8 Å². The summed E-state index contributed by atoms with van der Waals surface area (Å²) < 4.78 is 81.1. The van der Waals surface area contributed by atoms with Gasteiger partial charge in [0.2, 0.25) is 0 Å². The average molecular weight is 414 g/mol. The molecule has 0 N–H and O–H groups in total. The van der Waals surface area contributed by atoms with Crippen molar-refractivity contribution in [1.82, 2.24) is 9.78 Å². The van der Waals surface area contributed by atoms with Crippen LogP contribution in [0.3, 0.4) is 0 Å². The normalized spacial score (nSPS) is 19.4. The molecule has 2 heterocycles. The fourth-order valence-corrected chi connectivity index (χ4v) is 2.86. The molecule has 0 radical (unpaired) electrons. The summed E-state index contributed by atoms with van der Waals surface area (Å²) >= 11 is 0. The molecule has 0 atom stereocenters. The summed E-state index contributed by atoms with van der Waals surface area (Å²) in [4.78, 5) is 0. The SMILES string of the molecule is CC1(C)OB(C(F)=C(c2cnn(Cc3ccc(F)cc3)c2)C(F)(F)F)OC1(C)C. The van der Waals surface area contributed by atoms with Gasteiger partial charge in [-0.25, -0.2) is 8.78 Å². The zero-order valence-electron chi connectivity index (χ0n) is 16.3. The third-order valence-corrected chi connectivity index (χ3v) is 5.16. The second-order valence-electron chi connectivity index (χ2n) is 7.86. The first-order valence-corrected chi connectivity index (χ1v) is 8.90. The Morgan fingerprint density at radius 1 is 1.07 bits per heavy atom. The molecule has 1 aromatic heterocycles. The van der Waals surface area contributed by atoms with Crippen LogP contribution in [0.4, 0.5) is 22.0 Å². The Morgan fingerprint density at radius 2 is 1.62 bits per heavy atom. The van der Waals surface area contributed by atoms with Crippen LogP contribution in [0.15, 0.2) is 42.4 Å². The van der Waals surface area contributed by atoms with Crippen molar-refractivity contribution in [3.8, 4) is 0 Å². The van der Waals surface area contributed by atoms with Crippen molar-refractivity contribution in [2.45, 2.75) is 51.6 Å². The quantitative estimate of drug-likeness (QED) is 0.525. The Morgan fingerprint density at radius 3 is 2.14 bits per heavy atom. The summed E-state index contributed by atoms with van der Waals surface area (Å²) in [6, 6.07) is 5.45. The third kappa shape index (κ3) is 4.38. The molecule has 0 bridgehead atoms. The molecule has 4 nitrogen and oxygen atoms in total. The van der Waals surface area contributed by atoms with E-state index in [0.717, 1.165) is 12.4 Å². The molecule has 1 saturated heterocycles. The van der Waals surface area contributed by atoms with Crippen LogP contribution in [0, 0.1) is 5.82 Å². The predicted octanol–water partition coefficient (Wildman–Crippen LogP) is 4.94. The van der Waals surface area contributed by atoms with Gasteiger partial charge >= 0.3 is 13.3 Å². The maximum atomic E-state index is 15.0. The van der Waals surface area contributed by atoms with Gasteiger partial charge < -0.3 is 9.31 Å². The van der Waals surface area contributed by atoms with Gasteiger partial charge in [-0.15, -0.1) is 0 Å². The Labute approximate surface area is 165 Å². The number of hydrogen-bond donors (Lipinski definition) is 0. The smallest absolute Gasteiger partial charge is 0.398 e. The van der Waals surface area contributed by atoms with Crippen molar-refractivity contribution in [3.63, 3.8) is 0 Å². The second kappa shape index (κ2) is 7.25. The van der Waals surface area contributed by atoms with Gasteiger partial charge in [0.25, 0.3) is 0 Å². The maximum Gasteiger partial charge on any atom is 0.525 e. The molecular formula is C19H20BF5N2O2. The van der Waals surface area contributed by atoms with Gasteiger partial charge in [-0.05, 0) is 45.4 Å². The van der Waals surface area contributed by atoms with Crippen molar-refractivity contribution in [3.05, 3.63) is 59.3 Å². The van der Waals surface area contributed by atoms with E-state index in [2.05, 4.69) is 5.10 Å². The van der Waals surface area contributed by atoms with Crippen molar-refractivity contribution in [2.75, 3.05) is 0 Å². The standard InChI is InChI=1S/C19H20BF5N2O2/c1-17(2)18(3,4)29-20(28-17)16(22)15(19(23,24)25)13-9-26-27(11-13)10-12-5-7-14(21)8-6-12/h5-9,11H,10H2,1-4H3. The first-order valence-electron chi connectivity index (χ1n) is 8.90. The highest BCUT2D eigenvalue weighted by molar-refractivity contribution is 6.55. The lowest BCUT2D eigenvalue weighted by molar-refractivity contribution is -0.0699. The minimum Gasteiger partial charge on any atom is -0.398 e. The molecule has 156 valence electrons. The van der Waals surface area contributed by atoms with Crippen molar-refractivity contribution < 1.29 is 31.3 Å². The molecule has 1 aromatic carbocycles. The highest BCUT2D eigenvalue weighted by Crippen LogP contribution is 2.43. The highest BCUT2D eigenvalue weighted by Gasteiger charge is 2.55. The Hall–Kier alpha value is -2.20. The molecule has 29 heavy (non-hydrogen) atoms. The molecule has 10 heteroatoms. The lowest BCUT2D eigenvalue weighted by Gasteiger charge is -2.32. The molecule has 0 saturated carbocycles. The van der Waals surface area contributed by atoms with E-state index in [4.69, 9.17) is 9.31 Å². The van der Waals surface area contributed by atoms with Gasteiger partial charge in [-0.3, -0.25) is 4.68 Å². The summed E-state index contributed by atoms with van der Waals surface area (Å²) in [5, 5.41) is 3.87. The molecule has 1 aliphatic heterocycles. The number of hydrogen-bond acceptors (Lipinski definition) is 3. The van der Waals surface area contributed by atoms with Gasteiger partial charge in [0.1, 0.15) is 11.5 Å². The number of nitrogens with zero attached hydrogens (tertiary/aromatic N) is 2. The minimum absolute atomic E-state index is 0.101. The van der Waals surface area contributed by atoms with Gasteiger partial charge in [-0.2, -0.15) is 18.3 Å². The number of rotatable bonds is 4. The van der Waals surface area contributed by atoms with Gasteiger partial charge in [0.05, 0.1) is 29.5 Å². The van der Waals surface area contributed by atoms with Crippen LogP contribution < -0.4 is 0 Å². The Balaban J connectivity index is 1.93. The molecular weight excluding hydrogens is 394 g/mol. The van der Waals surface area contributed by atoms with Crippen LogP contribution in [-0.2, 0) is 15.9 Å².